The standard InChI is InChI=1S/C17H24I2O4S/c1-13(20)14-11-15(21-7-2-5-18)17(23-8-3-6-19)16(12-14)22-9-4-10-24/h11-12,24H,2-10H2,1H3. The lowest BCUT2D eigenvalue weighted by atomic mass is 10.1. The van der Waals surface area contributed by atoms with Gasteiger partial charge >= 0.3 is 0 Å². The second-order valence-corrected chi connectivity index (χ2v) is 7.67. The summed E-state index contributed by atoms with van der Waals surface area (Å²) in [5.41, 5.74) is 0.571. The average Bonchev–Trinajstić information content (AvgIpc) is 2.56. The Morgan fingerprint density at radius 3 is 1.92 bits per heavy atom. The zero-order valence-corrected chi connectivity index (χ0v) is 19.1. The molecule has 136 valence electrons. The molecule has 0 N–H and O–H groups in total. The van der Waals surface area contributed by atoms with Crippen molar-refractivity contribution in [2.75, 3.05) is 34.4 Å². The molecule has 0 saturated carbocycles. The van der Waals surface area contributed by atoms with Crippen molar-refractivity contribution in [2.24, 2.45) is 0 Å². The minimum atomic E-state index is -0.0217. The maximum absolute atomic E-state index is 11.8. The second kappa shape index (κ2) is 13.3. The predicted molar refractivity (Wildman–Crippen MR) is 118 cm³/mol. The monoisotopic (exact) mass is 578 g/mol. The molecule has 0 aliphatic rings. The first-order valence-corrected chi connectivity index (χ1v) is 11.6. The highest BCUT2D eigenvalue weighted by Gasteiger charge is 2.17. The number of alkyl halides is 2. The molecule has 1 rings (SSSR count). The van der Waals surface area contributed by atoms with Gasteiger partial charge in [-0.3, -0.25) is 4.79 Å². The first-order valence-electron chi connectivity index (χ1n) is 7.94. The summed E-state index contributed by atoms with van der Waals surface area (Å²) in [6.07, 6.45) is 2.71. The smallest absolute Gasteiger partial charge is 0.203 e. The van der Waals surface area contributed by atoms with E-state index in [1.54, 1.807) is 12.1 Å². The van der Waals surface area contributed by atoms with Crippen LogP contribution in [0.5, 0.6) is 17.2 Å². The lowest BCUT2D eigenvalue weighted by Gasteiger charge is -2.18. The van der Waals surface area contributed by atoms with Crippen molar-refractivity contribution in [3.8, 4) is 17.2 Å². The van der Waals surface area contributed by atoms with Crippen LogP contribution >= 0.6 is 57.8 Å². The van der Waals surface area contributed by atoms with E-state index in [1.807, 2.05) is 0 Å². The van der Waals surface area contributed by atoms with Crippen LogP contribution in [0.2, 0.25) is 0 Å². The molecule has 0 aliphatic carbocycles. The Kier molecular flexibility index (Phi) is 12.3. The maximum atomic E-state index is 11.8. The minimum absolute atomic E-state index is 0.0217. The van der Waals surface area contributed by atoms with Crippen molar-refractivity contribution in [3.05, 3.63) is 17.7 Å². The highest BCUT2D eigenvalue weighted by Crippen LogP contribution is 2.39. The van der Waals surface area contributed by atoms with Crippen LogP contribution in [0.3, 0.4) is 0 Å². The Morgan fingerprint density at radius 1 is 0.958 bits per heavy atom. The molecule has 0 aromatic heterocycles. The molecule has 0 spiro atoms. The summed E-state index contributed by atoms with van der Waals surface area (Å²) < 4.78 is 19.7. The molecule has 7 heteroatoms. The van der Waals surface area contributed by atoms with Gasteiger partial charge in [-0.1, -0.05) is 45.2 Å². The summed E-state index contributed by atoms with van der Waals surface area (Å²) in [4.78, 5) is 11.8. The number of halogens is 2. The summed E-state index contributed by atoms with van der Waals surface area (Å²) >= 11 is 8.84. The zero-order valence-electron chi connectivity index (χ0n) is 13.9. The first-order chi connectivity index (χ1) is 11.6. The van der Waals surface area contributed by atoms with Gasteiger partial charge in [-0.15, -0.1) is 0 Å². The van der Waals surface area contributed by atoms with Crippen LogP contribution in [0.25, 0.3) is 0 Å². The van der Waals surface area contributed by atoms with E-state index in [2.05, 4.69) is 57.8 Å². The Bertz CT molecular complexity index is 480. The SMILES string of the molecule is CC(=O)c1cc(OCCCS)c(OCCCI)c(OCCCI)c1. The average molecular weight is 578 g/mol. The maximum Gasteiger partial charge on any atom is 0.203 e. The molecule has 0 heterocycles. The summed E-state index contributed by atoms with van der Waals surface area (Å²) in [5.74, 6) is 2.48. The number of carbonyl (C=O) groups is 1. The molecule has 0 unspecified atom stereocenters. The van der Waals surface area contributed by atoms with Gasteiger partial charge in [0.25, 0.3) is 0 Å². The van der Waals surface area contributed by atoms with Crippen LogP contribution in [0, 0.1) is 0 Å². The highest BCUT2D eigenvalue weighted by atomic mass is 127. The summed E-state index contributed by atoms with van der Waals surface area (Å²) in [5, 5.41) is 0. The third kappa shape index (κ3) is 7.99. The van der Waals surface area contributed by atoms with Gasteiger partial charge < -0.3 is 14.2 Å². The van der Waals surface area contributed by atoms with Crippen molar-refractivity contribution in [3.63, 3.8) is 0 Å². The van der Waals surface area contributed by atoms with Gasteiger partial charge in [0, 0.05) is 14.4 Å². The molecule has 0 amide bonds. The van der Waals surface area contributed by atoms with E-state index in [0.29, 0.717) is 42.6 Å². The van der Waals surface area contributed by atoms with Crippen molar-refractivity contribution >= 4 is 63.6 Å². The van der Waals surface area contributed by atoms with E-state index >= 15 is 0 Å². The first kappa shape index (κ1) is 22.1. The van der Waals surface area contributed by atoms with Crippen molar-refractivity contribution < 1.29 is 19.0 Å². The molecule has 0 atom stereocenters. The van der Waals surface area contributed by atoms with Gasteiger partial charge in [0.15, 0.2) is 17.3 Å². The van der Waals surface area contributed by atoms with E-state index < -0.39 is 0 Å². The fraction of sp³-hybridized carbons (Fsp3) is 0.588. The second-order valence-electron chi connectivity index (χ2n) is 5.07. The summed E-state index contributed by atoms with van der Waals surface area (Å²) in [6.45, 7) is 3.25. The van der Waals surface area contributed by atoms with Gasteiger partial charge in [0.1, 0.15) is 0 Å². The number of hydrogen-bond acceptors (Lipinski definition) is 5. The molecule has 1 aromatic rings. The third-order valence-corrected chi connectivity index (χ3v) is 4.89. The largest absolute Gasteiger partial charge is 0.489 e. The number of rotatable bonds is 13. The van der Waals surface area contributed by atoms with Crippen LogP contribution < -0.4 is 14.2 Å². The number of hydrogen-bond donors (Lipinski definition) is 1. The van der Waals surface area contributed by atoms with Gasteiger partial charge in [-0.25, -0.2) is 0 Å². The molecule has 0 fully saturated rings. The van der Waals surface area contributed by atoms with Crippen LogP contribution in [0.1, 0.15) is 36.5 Å². The number of benzene rings is 1. The van der Waals surface area contributed by atoms with E-state index in [0.717, 1.165) is 33.9 Å². The van der Waals surface area contributed by atoms with E-state index in [-0.39, 0.29) is 5.78 Å². The zero-order chi connectivity index (χ0) is 17.8. The number of Topliss-reactive ketones (excluding diaryl/α,β-unsaturated/α-hetero) is 1. The van der Waals surface area contributed by atoms with Crippen LogP contribution in [0.4, 0.5) is 0 Å². The Hall–Kier alpha value is 0.1000. The fourth-order valence-corrected chi connectivity index (χ4v) is 2.60. The molecular formula is C17H24I2O4S. The predicted octanol–water partition coefficient (Wildman–Crippen LogP) is 5.00. The van der Waals surface area contributed by atoms with Gasteiger partial charge in [0.05, 0.1) is 19.8 Å². The lowest BCUT2D eigenvalue weighted by Crippen LogP contribution is -2.08. The molecule has 0 saturated heterocycles. The van der Waals surface area contributed by atoms with Gasteiger partial charge in [-0.2, -0.15) is 12.6 Å². The van der Waals surface area contributed by atoms with Crippen LogP contribution in [-0.2, 0) is 0 Å². The van der Waals surface area contributed by atoms with Gasteiger partial charge in [-0.05, 0) is 44.1 Å². The molecule has 0 bridgehead atoms. The van der Waals surface area contributed by atoms with Gasteiger partial charge in [0.2, 0.25) is 5.75 Å². The van der Waals surface area contributed by atoms with Crippen molar-refractivity contribution in [1.82, 2.24) is 0 Å². The van der Waals surface area contributed by atoms with E-state index in [9.17, 15) is 4.79 Å². The molecular weight excluding hydrogens is 554 g/mol. The van der Waals surface area contributed by atoms with Crippen molar-refractivity contribution in [1.29, 1.82) is 0 Å². The number of ether oxygens (including phenoxy) is 3. The highest BCUT2D eigenvalue weighted by molar-refractivity contribution is 14.1. The summed E-state index contributed by atoms with van der Waals surface area (Å²) in [7, 11) is 0. The fourth-order valence-electron chi connectivity index (χ4n) is 1.85. The quantitative estimate of drug-likeness (QED) is 0.118. The van der Waals surface area contributed by atoms with Crippen LogP contribution in [-0.4, -0.2) is 40.2 Å². The molecule has 0 radical (unpaired) electrons. The Morgan fingerprint density at radius 2 is 1.46 bits per heavy atom. The molecule has 1 aromatic carbocycles. The number of carbonyl (C=O) groups excluding carboxylic acids is 1. The number of ketones is 1. The van der Waals surface area contributed by atoms with E-state index in [4.69, 9.17) is 14.2 Å². The van der Waals surface area contributed by atoms with E-state index in [1.165, 1.54) is 6.92 Å². The summed E-state index contributed by atoms with van der Waals surface area (Å²) in [6, 6.07) is 3.49. The molecule has 4 nitrogen and oxygen atoms in total. The number of thiol groups is 1. The topological polar surface area (TPSA) is 44.8 Å². The van der Waals surface area contributed by atoms with Crippen LogP contribution in [0.15, 0.2) is 12.1 Å². The third-order valence-electron chi connectivity index (χ3n) is 3.05. The Balaban J connectivity index is 3.08. The lowest BCUT2D eigenvalue weighted by molar-refractivity contribution is 0.101. The molecule has 0 aliphatic heterocycles. The molecule has 24 heavy (non-hydrogen) atoms. The minimum Gasteiger partial charge on any atom is -0.489 e. The Labute approximate surface area is 177 Å². The normalized spacial score (nSPS) is 10.5. The van der Waals surface area contributed by atoms with Crippen molar-refractivity contribution in [2.45, 2.75) is 26.2 Å².